The van der Waals surface area contributed by atoms with E-state index in [1.807, 2.05) is 12.1 Å². The summed E-state index contributed by atoms with van der Waals surface area (Å²) in [5, 5.41) is -0.142. The molecule has 0 aromatic heterocycles. The van der Waals surface area contributed by atoms with Gasteiger partial charge in [0.2, 0.25) is 0 Å². The number of carbonyl (C=O) groups excluding carboxylic acids is 1. The standard InChI is InChI=1S/C31H38ClF2NO6S/c1-30(2,3)41-29(36)35-14-4-5-22(18-35)42(37,38)16-12-26-23-19-40-28-25(34)11-10-24(33)27(28)31(23,13-15-39-26)17-20-6-8-21(32)9-7-20/h6-11,22-23,26H,4-5,12-19H2,1-3H3/t22-,23-,26-,31-/m0/s1. The summed E-state index contributed by atoms with van der Waals surface area (Å²) in [6, 6.07) is 9.46. The number of piperidine rings is 1. The Morgan fingerprint density at radius 2 is 1.86 bits per heavy atom. The van der Waals surface area contributed by atoms with Crippen LogP contribution in [0, 0.1) is 17.6 Å². The molecule has 4 atom stereocenters. The average Bonchev–Trinajstić information content (AvgIpc) is 2.94. The molecule has 0 bridgehead atoms. The van der Waals surface area contributed by atoms with Crippen LogP contribution in [0.15, 0.2) is 36.4 Å². The van der Waals surface area contributed by atoms with E-state index in [-0.39, 0.29) is 43.2 Å². The monoisotopic (exact) mass is 625 g/mol. The molecule has 3 aliphatic heterocycles. The summed E-state index contributed by atoms with van der Waals surface area (Å²) in [7, 11) is -3.61. The topological polar surface area (TPSA) is 82.1 Å². The molecule has 3 aliphatic rings. The third-order valence-electron chi connectivity index (χ3n) is 8.66. The highest BCUT2D eigenvalue weighted by Crippen LogP contribution is 2.53. The number of halogens is 3. The second-order valence-electron chi connectivity index (χ2n) is 12.6. The van der Waals surface area contributed by atoms with Gasteiger partial charge in [-0.05, 0) is 82.7 Å². The number of hydrogen-bond donors (Lipinski definition) is 0. The number of sulfone groups is 1. The lowest BCUT2D eigenvalue weighted by atomic mass is 9.60. The first-order valence-electron chi connectivity index (χ1n) is 14.5. The van der Waals surface area contributed by atoms with Crippen LogP contribution in [0.25, 0.3) is 0 Å². The molecular weight excluding hydrogens is 588 g/mol. The van der Waals surface area contributed by atoms with E-state index in [0.29, 0.717) is 37.3 Å². The number of hydrogen-bond acceptors (Lipinski definition) is 6. The molecule has 5 rings (SSSR count). The summed E-state index contributed by atoms with van der Waals surface area (Å²) in [5.41, 5.74) is -0.453. The molecule has 3 heterocycles. The highest BCUT2D eigenvalue weighted by Gasteiger charge is 2.53. The Bertz CT molecular complexity index is 1410. The maximum absolute atomic E-state index is 15.5. The van der Waals surface area contributed by atoms with Gasteiger partial charge in [-0.2, -0.15) is 0 Å². The van der Waals surface area contributed by atoms with Crippen LogP contribution < -0.4 is 4.74 Å². The third-order valence-corrected chi connectivity index (χ3v) is 11.1. The van der Waals surface area contributed by atoms with Crippen molar-refractivity contribution in [1.29, 1.82) is 0 Å². The van der Waals surface area contributed by atoms with E-state index in [4.69, 9.17) is 25.8 Å². The van der Waals surface area contributed by atoms with Crippen molar-refractivity contribution in [2.75, 3.05) is 32.1 Å². The summed E-state index contributed by atoms with van der Waals surface area (Å²) in [6.07, 6.45) is 0.941. The molecule has 0 unspecified atom stereocenters. The van der Waals surface area contributed by atoms with Crippen molar-refractivity contribution in [3.63, 3.8) is 0 Å². The quantitative estimate of drug-likeness (QED) is 0.386. The van der Waals surface area contributed by atoms with Gasteiger partial charge in [-0.25, -0.2) is 22.0 Å². The fraction of sp³-hybridized carbons (Fsp3) is 0.581. The number of benzene rings is 2. The molecule has 2 saturated heterocycles. The highest BCUT2D eigenvalue weighted by atomic mass is 35.5. The van der Waals surface area contributed by atoms with Crippen LogP contribution in [0.5, 0.6) is 5.75 Å². The molecule has 2 fully saturated rings. The molecular formula is C31H38ClF2NO6S. The first-order valence-corrected chi connectivity index (χ1v) is 16.6. The van der Waals surface area contributed by atoms with Crippen molar-refractivity contribution in [3.05, 3.63) is 64.2 Å². The van der Waals surface area contributed by atoms with Gasteiger partial charge in [0.05, 0.1) is 23.7 Å². The van der Waals surface area contributed by atoms with E-state index in [0.717, 1.165) is 17.7 Å². The van der Waals surface area contributed by atoms with Crippen LogP contribution in [0.4, 0.5) is 13.6 Å². The Kier molecular flexibility index (Phi) is 8.80. The normalized spacial score (nSPS) is 26.1. The SMILES string of the molecule is CC(C)(C)OC(=O)N1CCC[C@H](S(=O)(=O)CC[C@@H]2OCC[C@@]3(Cc4ccc(Cl)cc4)c4c(F)ccc(F)c4OC[C@@H]23)C1. The molecule has 0 saturated carbocycles. The molecule has 2 aromatic carbocycles. The number of ether oxygens (including phenoxy) is 3. The summed E-state index contributed by atoms with van der Waals surface area (Å²) < 4.78 is 75.0. The minimum absolute atomic E-state index is 0.0710. The molecule has 0 radical (unpaired) electrons. The van der Waals surface area contributed by atoms with Gasteiger partial charge < -0.3 is 19.1 Å². The Labute approximate surface area is 251 Å². The maximum atomic E-state index is 15.5. The predicted molar refractivity (Wildman–Crippen MR) is 156 cm³/mol. The fourth-order valence-corrected chi connectivity index (χ4v) is 8.62. The van der Waals surface area contributed by atoms with Gasteiger partial charge in [-0.1, -0.05) is 23.7 Å². The number of nitrogens with zero attached hydrogens (tertiary/aromatic N) is 1. The molecule has 230 valence electrons. The van der Waals surface area contributed by atoms with Gasteiger partial charge in [-0.15, -0.1) is 0 Å². The van der Waals surface area contributed by atoms with Crippen LogP contribution >= 0.6 is 11.6 Å². The van der Waals surface area contributed by atoms with E-state index in [1.54, 1.807) is 32.9 Å². The average molecular weight is 626 g/mol. The summed E-state index contributed by atoms with van der Waals surface area (Å²) in [6.45, 7) is 6.17. The van der Waals surface area contributed by atoms with Crippen LogP contribution in [0.1, 0.15) is 57.6 Å². The van der Waals surface area contributed by atoms with Gasteiger partial charge in [0.1, 0.15) is 11.4 Å². The summed E-state index contributed by atoms with van der Waals surface area (Å²) in [5.74, 6) is -1.83. The number of fused-ring (bicyclic) bond motifs is 3. The summed E-state index contributed by atoms with van der Waals surface area (Å²) >= 11 is 6.11. The molecule has 11 heteroatoms. The summed E-state index contributed by atoms with van der Waals surface area (Å²) in [4.78, 5) is 14.1. The highest BCUT2D eigenvalue weighted by molar-refractivity contribution is 7.92. The zero-order valence-corrected chi connectivity index (χ0v) is 25.8. The lowest BCUT2D eigenvalue weighted by Crippen LogP contribution is -2.55. The third kappa shape index (κ3) is 6.40. The van der Waals surface area contributed by atoms with Crippen LogP contribution in [-0.2, 0) is 31.1 Å². The van der Waals surface area contributed by atoms with Crippen LogP contribution in [0.2, 0.25) is 5.02 Å². The van der Waals surface area contributed by atoms with Crippen molar-refractivity contribution in [2.24, 2.45) is 5.92 Å². The first kappa shape index (κ1) is 31.0. The van der Waals surface area contributed by atoms with Crippen LogP contribution in [-0.4, -0.2) is 68.4 Å². The number of carbonyl (C=O) groups is 1. The minimum Gasteiger partial charge on any atom is -0.490 e. The van der Waals surface area contributed by atoms with E-state index in [1.165, 1.54) is 4.90 Å². The smallest absolute Gasteiger partial charge is 0.410 e. The van der Waals surface area contributed by atoms with Crippen LogP contribution in [0.3, 0.4) is 0 Å². The largest absolute Gasteiger partial charge is 0.490 e. The second kappa shape index (κ2) is 11.9. The molecule has 7 nitrogen and oxygen atoms in total. The molecule has 42 heavy (non-hydrogen) atoms. The molecule has 0 spiro atoms. The predicted octanol–water partition coefficient (Wildman–Crippen LogP) is 6.10. The van der Waals surface area contributed by atoms with Crippen molar-refractivity contribution in [2.45, 2.75) is 75.2 Å². The van der Waals surface area contributed by atoms with E-state index < -0.39 is 55.9 Å². The van der Waals surface area contributed by atoms with Gasteiger partial charge in [0.25, 0.3) is 0 Å². The van der Waals surface area contributed by atoms with Gasteiger partial charge >= 0.3 is 6.09 Å². The van der Waals surface area contributed by atoms with Crippen molar-refractivity contribution in [1.82, 2.24) is 4.90 Å². The molecule has 2 aromatic rings. The number of rotatable bonds is 6. The molecule has 1 amide bonds. The lowest BCUT2D eigenvalue weighted by Gasteiger charge is -2.51. The van der Waals surface area contributed by atoms with E-state index >= 15 is 4.39 Å². The Balaban J connectivity index is 1.38. The lowest BCUT2D eigenvalue weighted by molar-refractivity contribution is -0.0963. The van der Waals surface area contributed by atoms with Crippen molar-refractivity contribution in [3.8, 4) is 5.75 Å². The Morgan fingerprint density at radius 3 is 2.57 bits per heavy atom. The number of likely N-dealkylation sites (tertiary alicyclic amines) is 1. The van der Waals surface area contributed by atoms with E-state index in [2.05, 4.69) is 0 Å². The van der Waals surface area contributed by atoms with Gasteiger partial charge in [-0.3, -0.25) is 0 Å². The first-order chi connectivity index (χ1) is 19.8. The zero-order valence-electron chi connectivity index (χ0n) is 24.2. The Hall–Kier alpha value is -2.43. The zero-order chi connectivity index (χ0) is 30.3. The van der Waals surface area contributed by atoms with Gasteiger partial charge in [0, 0.05) is 41.6 Å². The van der Waals surface area contributed by atoms with Gasteiger partial charge in [0.15, 0.2) is 21.4 Å². The van der Waals surface area contributed by atoms with Crippen molar-refractivity contribution >= 4 is 27.5 Å². The fourth-order valence-electron chi connectivity index (χ4n) is 6.67. The number of amides is 1. The molecule has 0 N–H and O–H groups in total. The molecule has 0 aliphatic carbocycles. The maximum Gasteiger partial charge on any atom is 0.410 e. The van der Waals surface area contributed by atoms with E-state index in [9.17, 15) is 17.6 Å². The minimum atomic E-state index is -3.61. The Morgan fingerprint density at radius 1 is 1.14 bits per heavy atom. The second-order valence-corrected chi connectivity index (χ2v) is 15.5. The van der Waals surface area contributed by atoms with Crippen molar-refractivity contribution < 1.29 is 36.2 Å².